The maximum Gasteiger partial charge on any atom is 0.349 e. The Labute approximate surface area is 197 Å². The van der Waals surface area contributed by atoms with Crippen LogP contribution in [0.25, 0.3) is 0 Å². The summed E-state index contributed by atoms with van der Waals surface area (Å²) >= 11 is 0. The third-order valence-corrected chi connectivity index (χ3v) is 5.85. The van der Waals surface area contributed by atoms with Crippen molar-refractivity contribution in [3.63, 3.8) is 0 Å². The van der Waals surface area contributed by atoms with Gasteiger partial charge in [-0.05, 0) is 61.3 Å². The monoisotopic (exact) mass is 464 g/mol. The summed E-state index contributed by atoms with van der Waals surface area (Å²) in [7, 11) is 3.29. The Kier molecular flexibility index (Phi) is 6.75. The minimum absolute atomic E-state index is 0.0646. The Morgan fingerprint density at radius 1 is 1.12 bits per heavy atom. The largest absolute Gasteiger partial charge is 0.372 e. The van der Waals surface area contributed by atoms with Crippen molar-refractivity contribution in [1.29, 1.82) is 0 Å². The molecule has 0 aliphatic carbocycles. The van der Waals surface area contributed by atoms with Crippen LogP contribution in [0.1, 0.15) is 28.8 Å². The standard InChI is InChI=1S/C23H28N8O3/c1-25-19(32)15-4-8-17(9-5-15)27-21-29-20(24)31(30-21)22(33)28-18-10-6-16(7-11-18)23(34-2)12-3-13-26-14-23/h4-11,26H,3,12-14H2,1-2H3,(H,25,32)(H,28,33)(H3,24,27,29,30). The van der Waals surface area contributed by atoms with Crippen molar-refractivity contribution < 1.29 is 14.3 Å². The molecule has 2 aromatic carbocycles. The van der Waals surface area contributed by atoms with E-state index in [2.05, 4.69) is 31.3 Å². The van der Waals surface area contributed by atoms with E-state index < -0.39 is 6.03 Å². The number of nitrogen functional groups attached to an aromatic ring is 1. The predicted molar refractivity (Wildman–Crippen MR) is 129 cm³/mol. The molecule has 1 saturated heterocycles. The number of nitrogens with one attached hydrogen (secondary N) is 4. The number of hydrogen-bond acceptors (Lipinski definition) is 8. The van der Waals surface area contributed by atoms with E-state index in [0.717, 1.165) is 36.2 Å². The zero-order valence-corrected chi connectivity index (χ0v) is 19.1. The summed E-state index contributed by atoms with van der Waals surface area (Å²) in [6.45, 7) is 1.73. The quantitative estimate of drug-likeness (QED) is 0.373. The number of nitrogens with two attached hydrogens (primary N) is 1. The number of nitrogens with zero attached hydrogens (tertiary/aromatic N) is 3. The number of benzene rings is 2. The van der Waals surface area contributed by atoms with Crippen LogP contribution in [0.2, 0.25) is 0 Å². The predicted octanol–water partition coefficient (Wildman–Crippen LogP) is 2.27. The first-order valence-electron chi connectivity index (χ1n) is 10.9. The maximum absolute atomic E-state index is 12.7. The van der Waals surface area contributed by atoms with Gasteiger partial charge in [-0.3, -0.25) is 4.79 Å². The number of carbonyl (C=O) groups is 2. The first kappa shape index (κ1) is 23.2. The lowest BCUT2D eigenvalue weighted by molar-refractivity contribution is -0.0333. The van der Waals surface area contributed by atoms with Crippen LogP contribution < -0.4 is 27.0 Å². The Bertz CT molecular complexity index is 1150. The van der Waals surface area contributed by atoms with Crippen molar-refractivity contribution in [3.8, 4) is 0 Å². The number of hydrogen-bond donors (Lipinski definition) is 5. The molecular formula is C23H28N8O3. The van der Waals surface area contributed by atoms with E-state index in [9.17, 15) is 9.59 Å². The highest BCUT2D eigenvalue weighted by atomic mass is 16.5. The highest BCUT2D eigenvalue weighted by molar-refractivity contribution is 5.94. The van der Waals surface area contributed by atoms with Gasteiger partial charge >= 0.3 is 6.03 Å². The zero-order chi connectivity index (χ0) is 24.1. The average molecular weight is 465 g/mol. The van der Waals surface area contributed by atoms with Crippen LogP contribution in [0.3, 0.4) is 0 Å². The zero-order valence-electron chi connectivity index (χ0n) is 19.1. The van der Waals surface area contributed by atoms with E-state index in [4.69, 9.17) is 10.5 Å². The highest BCUT2D eigenvalue weighted by Crippen LogP contribution is 2.32. The van der Waals surface area contributed by atoms with Gasteiger partial charge in [0.25, 0.3) is 5.91 Å². The van der Waals surface area contributed by atoms with Gasteiger partial charge in [-0.2, -0.15) is 4.98 Å². The molecule has 4 rings (SSSR count). The number of ether oxygens (including phenoxy) is 1. The smallest absolute Gasteiger partial charge is 0.349 e. The molecule has 11 nitrogen and oxygen atoms in total. The lowest BCUT2D eigenvalue weighted by Gasteiger charge is -2.37. The molecule has 1 unspecified atom stereocenters. The molecule has 1 aliphatic rings. The van der Waals surface area contributed by atoms with E-state index in [0.29, 0.717) is 16.9 Å². The fourth-order valence-electron chi connectivity index (χ4n) is 3.95. The number of anilines is 4. The molecule has 0 spiro atoms. The van der Waals surface area contributed by atoms with Crippen molar-refractivity contribution in [2.24, 2.45) is 0 Å². The van der Waals surface area contributed by atoms with Gasteiger partial charge in [-0.25, -0.2) is 4.79 Å². The molecule has 1 fully saturated rings. The minimum Gasteiger partial charge on any atom is -0.372 e. The van der Waals surface area contributed by atoms with E-state index in [-0.39, 0.29) is 23.4 Å². The van der Waals surface area contributed by atoms with Crippen molar-refractivity contribution in [3.05, 3.63) is 59.7 Å². The normalized spacial score (nSPS) is 17.7. The van der Waals surface area contributed by atoms with Gasteiger partial charge in [0, 0.05) is 37.6 Å². The van der Waals surface area contributed by atoms with Gasteiger partial charge in [-0.15, -0.1) is 9.78 Å². The summed E-state index contributed by atoms with van der Waals surface area (Å²) < 4.78 is 6.81. The summed E-state index contributed by atoms with van der Waals surface area (Å²) in [5.74, 6) is -0.0940. The summed E-state index contributed by atoms with van der Waals surface area (Å²) in [5.41, 5.74) is 8.35. The van der Waals surface area contributed by atoms with Gasteiger partial charge in [0.2, 0.25) is 11.9 Å². The van der Waals surface area contributed by atoms with Gasteiger partial charge in [0.05, 0.1) is 0 Å². The second-order valence-corrected chi connectivity index (χ2v) is 7.97. The van der Waals surface area contributed by atoms with Crippen LogP contribution in [0.5, 0.6) is 0 Å². The molecule has 3 aromatic rings. The minimum atomic E-state index is -0.540. The van der Waals surface area contributed by atoms with E-state index >= 15 is 0 Å². The SMILES string of the molecule is CNC(=O)c1ccc(Nc2nc(N)n(C(=O)Nc3ccc(C4(OC)CCCNC4)cc3)n2)cc1. The second-order valence-electron chi connectivity index (χ2n) is 7.97. The molecule has 0 saturated carbocycles. The summed E-state index contributed by atoms with van der Waals surface area (Å²) in [6, 6.07) is 13.7. The number of amides is 2. The molecule has 34 heavy (non-hydrogen) atoms. The summed E-state index contributed by atoms with van der Waals surface area (Å²) in [4.78, 5) is 28.5. The van der Waals surface area contributed by atoms with Crippen LogP contribution in [0.4, 0.5) is 28.1 Å². The van der Waals surface area contributed by atoms with Crippen LogP contribution in [0, 0.1) is 0 Å². The maximum atomic E-state index is 12.7. The van der Waals surface area contributed by atoms with Crippen molar-refractivity contribution >= 4 is 35.2 Å². The van der Waals surface area contributed by atoms with Crippen LogP contribution >= 0.6 is 0 Å². The summed E-state index contributed by atoms with van der Waals surface area (Å²) in [5, 5.41) is 15.8. The molecular weight excluding hydrogens is 436 g/mol. The molecule has 1 aromatic heterocycles. The first-order valence-corrected chi connectivity index (χ1v) is 10.9. The summed E-state index contributed by atoms with van der Waals surface area (Å²) in [6.07, 6.45) is 1.97. The molecule has 2 heterocycles. The molecule has 1 aliphatic heterocycles. The third kappa shape index (κ3) is 4.85. The fraction of sp³-hybridized carbons (Fsp3) is 0.304. The number of piperidine rings is 1. The van der Waals surface area contributed by atoms with Crippen LogP contribution in [0.15, 0.2) is 48.5 Å². The van der Waals surface area contributed by atoms with Gasteiger partial charge < -0.3 is 31.7 Å². The Morgan fingerprint density at radius 2 is 1.82 bits per heavy atom. The van der Waals surface area contributed by atoms with E-state index in [1.54, 1.807) is 38.4 Å². The van der Waals surface area contributed by atoms with Crippen molar-refractivity contribution in [2.45, 2.75) is 18.4 Å². The molecule has 2 amide bonds. The van der Waals surface area contributed by atoms with Crippen LogP contribution in [-0.2, 0) is 10.3 Å². The molecule has 0 bridgehead atoms. The lowest BCUT2D eigenvalue weighted by atomic mass is 9.86. The molecule has 178 valence electrons. The highest BCUT2D eigenvalue weighted by Gasteiger charge is 2.33. The number of rotatable bonds is 6. The van der Waals surface area contributed by atoms with Gasteiger partial charge in [0.1, 0.15) is 5.60 Å². The average Bonchev–Trinajstić information content (AvgIpc) is 3.24. The van der Waals surface area contributed by atoms with E-state index in [1.165, 1.54) is 0 Å². The Hall–Kier alpha value is -3.96. The number of methoxy groups -OCH3 is 1. The first-order chi connectivity index (χ1) is 16.4. The third-order valence-electron chi connectivity index (χ3n) is 5.85. The molecule has 1 atom stereocenters. The van der Waals surface area contributed by atoms with Crippen molar-refractivity contribution in [1.82, 2.24) is 25.4 Å². The Balaban J connectivity index is 1.42. The van der Waals surface area contributed by atoms with Gasteiger partial charge in [-0.1, -0.05) is 12.1 Å². The second kappa shape index (κ2) is 9.89. The lowest BCUT2D eigenvalue weighted by Crippen LogP contribution is -2.44. The van der Waals surface area contributed by atoms with Crippen LogP contribution in [-0.4, -0.2) is 53.9 Å². The molecule has 11 heteroatoms. The molecule has 0 radical (unpaired) electrons. The van der Waals surface area contributed by atoms with E-state index in [1.807, 2.05) is 24.3 Å². The number of carbonyl (C=O) groups excluding carboxylic acids is 2. The number of aromatic nitrogens is 3. The Morgan fingerprint density at radius 3 is 2.44 bits per heavy atom. The van der Waals surface area contributed by atoms with Gasteiger partial charge in [0.15, 0.2) is 0 Å². The topological polar surface area (TPSA) is 148 Å². The fourth-order valence-corrected chi connectivity index (χ4v) is 3.95. The van der Waals surface area contributed by atoms with Crippen molar-refractivity contribution in [2.75, 3.05) is 43.6 Å². The molecule has 6 N–H and O–H groups in total.